The van der Waals surface area contributed by atoms with Gasteiger partial charge in [0.15, 0.2) is 9.84 Å². The number of carbonyl (C=O) groups is 1. The predicted molar refractivity (Wildman–Crippen MR) is 81.9 cm³/mol. The van der Waals surface area contributed by atoms with Gasteiger partial charge in [0.2, 0.25) is 0 Å². The molecule has 2 rings (SSSR count). The van der Waals surface area contributed by atoms with Crippen LogP contribution in [0.4, 0.5) is 5.69 Å². The topological polar surface area (TPSA) is 92.5 Å². The zero-order valence-electron chi connectivity index (χ0n) is 12.3. The van der Waals surface area contributed by atoms with Crippen molar-refractivity contribution in [2.75, 3.05) is 38.7 Å². The number of amides is 1. The molecule has 0 radical (unpaired) electrons. The number of carbonyl (C=O) groups excluding carboxylic acids is 1. The van der Waals surface area contributed by atoms with E-state index in [1.807, 2.05) is 0 Å². The summed E-state index contributed by atoms with van der Waals surface area (Å²) in [7, 11) is -1.33. The zero-order chi connectivity index (χ0) is 15.6. The number of likely N-dealkylation sites (tertiary alicyclic amines) is 1. The van der Waals surface area contributed by atoms with Gasteiger partial charge in [-0.25, -0.2) is 8.42 Å². The minimum absolute atomic E-state index is 0.0632. The number of nitrogens with two attached hydrogens (primary N) is 1. The quantitative estimate of drug-likeness (QED) is 0.783. The molecule has 3 N–H and O–H groups in total. The molecule has 0 saturated carbocycles. The molecule has 1 saturated heterocycles. The summed E-state index contributed by atoms with van der Waals surface area (Å²) in [5.41, 5.74) is 6.23. The van der Waals surface area contributed by atoms with Crippen molar-refractivity contribution < 1.29 is 13.2 Å². The number of nitrogens with zero attached hydrogens (tertiary/aromatic N) is 1. The molecule has 0 spiro atoms. The van der Waals surface area contributed by atoms with Crippen molar-refractivity contribution in [3.63, 3.8) is 0 Å². The average molecular weight is 311 g/mol. The minimum atomic E-state index is -3.39. The lowest BCUT2D eigenvalue weighted by Gasteiger charge is -2.12. The maximum atomic E-state index is 12.1. The normalized spacial score (nSPS) is 19.6. The van der Waals surface area contributed by atoms with E-state index in [0.29, 0.717) is 12.5 Å². The SMILES string of the molecule is CN1CCC(CNC(=O)c2cc(N)cc(S(C)(=O)=O)c2)C1. The van der Waals surface area contributed by atoms with Crippen LogP contribution in [0.3, 0.4) is 0 Å². The fraction of sp³-hybridized carbons (Fsp3) is 0.500. The van der Waals surface area contributed by atoms with Gasteiger partial charge in [0.1, 0.15) is 0 Å². The van der Waals surface area contributed by atoms with Crippen LogP contribution in [0.15, 0.2) is 23.1 Å². The summed E-state index contributed by atoms with van der Waals surface area (Å²) in [6.07, 6.45) is 2.15. The van der Waals surface area contributed by atoms with E-state index in [2.05, 4.69) is 17.3 Å². The first-order valence-electron chi connectivity index (χ1n) is 6.83. The Morgan fingerprint density at radius 2 is 2.14 bits per heavy atom. The van der Waals surface area contributed by atoms with E-state index in [0.717, 1.165) is 25.8 Å². The van der Waals surface area contributed by atoms with E-state index in [-0.39, 0.29) is 22.1 Å². The molecule has 0 bridgehead atoms. The van der Waals surface area contributed by atoms with Gasteiger partial charge in [0.25, 0.3) is 5.91 Å². The summed E-state index contributed by atoms with van der Waals surface area (Å²) in [4.78, 5) is 14.4. The molecule has 1 fully saturated rings. The molecule has 0 aromatic heterocycles. The Bertz CT molecular complexity index is 643. The van der Waals surface area contributed by atoms with Crippen molar-refractivity contribution >= 4 is 21.4 Å². The molecular weight excluding hydrogens is 290 g/mol. The van der Waals surface area contributed by atoms with E-state index in [4.69, 9.17) is 5.73 Å². The molecule has 1 aromatic rings. The van der Waals surface area contributed by atoms with E-state index < -0.39 is 9.84 Å². The Morgan fingerprint density at radius 3 is 2.71 bits per heavy atom. The average Bonchev–Trinajstić information content (AvgIpc) is 2.80. The number of hydrogen-bond donors (Lipinski definition) is 2. The zero-order valence-corrected chi connectivity index (χ0v) is 13.1. The molecule has 1 unspecified atom stereocenters. The molecule has 1 heterocycles. The van der Waals surface area contributed by atoms with Gasteiger partial charge in [-0.05, 0) is 44.1 Å². The lowest BCUT2D eigenvalue weighted by Crippen LogP contribution is -2.30. The van der Waals surface area contributed by atoms with Crippen molar-refractivity contribution in [1.29, 1.82) is 0 Å². The van der Waals surface area contributed by atoms with Gasteiger partial charge in [-0.2, -0.15) is 0 Å². The van der Waals surface area contributed by atoms with Crippen molar-refractivity contribution in [2.45, 2.75) is 11.3 Å². The summed E-state index contributed by atoms with van der Waals surface area (Å²) < 4.78 is 23.1. The minimum Gasteiger partial charge on any atom is -0.399 e. The Morgan fingerprint density at radius 1 is 1.43 bits per heavy atom. The predicted octanol–water partition coefficient (Wildman–Crippen LogP) is 0.354. The van der Waals surface area contributed by atoms with E-state index in [1.165, 1.54) is 18.2 Å². The molecular formula is C14H21N3O3S. The molecule has 1 aliphatic heterocycles. The summed E-state index contributed by atoms with van der Waals surface area (Å²) in [6.45, 7) is 2.59. The number of hydrogen-bond acceptors (Lipinski definition) is 5. The molecule has 1 amide bonds. The summed E-state index contributed by atoms with van der Waals surface area (Å²) in [6, 6.07) is 4.21. The smallest absolute Gasteiger partial charge is 0.251 e. The van der Waals surface area contributed by atoms with E-state index in [9.17, 15) is 13.2 Å². The second-order valence-electron chi connectivity index (χ2n) is 5.69. The molecule has 21 heavy (non-hydrogen) atoms. The molecule has 0 aliphatic carbocycles. The third kappa shape index (κ3) is 4.18. The van der Waals surface area contributed by atoms with Crippen LogP contribution in [0, 0.1) is 5.92 Å². The maximum absolute atomic E-state index is 12.1. The second-order valence-corrected chi connectivity index (χ2v) is 7.71. The van der Waals surface area contributed by atoms with Gasteiger partial charge >= 0.3 is 0 Å². The Hall–Kier alpha value is -1.60. The van der Waals surface area contributed by atoms with Gasteiger partial charge in [-0.15, -0.1) is 0 Å². The number of rotatable bonds is 4. The van der Waals surface area contributed by atoms with Crippen LogP contribution in [0.25, 0.3) is 0 Å². The molecule has 1 aliphatic rings. The fourth-order valence-corrected chi connectivity index (χ4v) is 3.19. The Balaban J connectivity index is 2.07. The summed E-state index contributed by atoms with van der Waals surface area (Å²) in [5, 5.41) is 2.85. The van der Waals surface area contributed by atoms with Crippen LogP contribution in [0.5, 0.6) is 0 Å². The molecule has 6 nitrogen and oxygen atoms in total. The largest absolute Gasteiger partial charge is 0.399 e. The van der Waals surface area contributed by atoms with Crippen LogP contribution in [-0.4, -0.2) is 52.2 Å². The Labute approximate surface area is 125 Å². The van der Waals surface area contributed by atoms with E-state index >= 15 is 0 Å². The number of nitrogens with one attached hydrogen (secondary N) is 1. The maximum Gasteiger partial charge on any atom is 0.251 e. The van der Waals surface area contributed by atoms with Crippen LogP contribution in [-0.2, 0) is 9.84 Å². The molecule has 7 heteroatoms. The number of nitrogen functional groups attached to an aromatic ring is 1. The van der Waals surface area contributed by atoms with Gasteiger partial charge in [0.05, 0.1) is 4.90 Å². The highest BCUT2D eigenvalue weighted by atomic mass is 32.2. The van der Waals surface area contributed by atoms with Crippen molar-refractivity contribution in [3.05, 3.63) is 23.8 Å². The van der Waals surface area contributed by atoms with Crippen LogP contribution in [0.1, 0.15) is 16.8 Å². The monoisotopic (exact) mass is 311 g/mol. The highest BCUT2D eigenvalue weighted by Crippen LogP contribution is 2.17. The highest BCUT2D eigenvalue weighted by molar-refractivity contribution is 7.90. The molecule has 116 valence electrons. The van der Waals surface area contributed by atoms with Gasteiger partial charge in [0, 0.05) is 30.6 Å². The third-order valence-corrected chi connectivity index (χ3v) is 4.75. The van der Waals surface area contributed by atoms with Gasteiger partial charge < -0.3 is 16.0 Å². The Kier molecular flexibility index (Phi) is 4.53. The second kappa shape index (κ2) is 6.03. The van der Waals surface area contributed by atoms with Crippen molar-refractivity contribution in [1.82, 2.24) is 10.2 Å². The first-order chi connectivity index (χ1) is 9.75. The fourth-order valence-electron chi connectivity index (χ4n) is 2.50. The van der Waals surface area contributed by atoms with Crippen LogP contribution < -0.4 is 11.1 Å². The van der Waals surface area contributed by atoms with Gasteiger partial charge in [-0.1, -0.05) is 0 Å². The first kappa shape index (κ1) is 15.8. The first-order valence-corrected chi connectivity index (χ1v) is 8.72. The van der Waals surface area contributed by atoms with Gasteiger partial charge in [-0.3, -0.25) is 4.79 Å². The number of anilines is 1. The number of benzene rings is 1. The third-order valence-electron chi connectivity index (χ3n) is 3.66. The van der Waals surface area contributed by atoms with Crippen LogP contribution in [0.2, 0.25) is 0 Å². The lowest BCUT2D eigenvalue weighted by molar-refractivity contribution is 0.0947. The molecule has 1 atom stereocenters. The highest BCUT2D eigenvalue weighted by Gasteiger charge is 2.20. The van der Waals surface area contributed by atoms with Crippen molar-refractivity contribution in [3.8, 4) is 0 Å². The standard InChI is InChI=1S/C14H21N3O3S/c1-17-4-3-10(9-17)8-16-14(18)11-5-12(15)7-13(6-11)21(2,19)20/h5-7,10H,3-4,8-9,15H2,1-2H3,(H,16,18). The molecule has 1 aromatic carbocycles. The summed E-state index contributed by atoms with van der Waals surface area (Å²) in [5.74, 6) is 0.149. The van der Waals surface area contributed by atoms with Crippen molar-refractivity contribution in [2.24, 2.45) is 5.92 Å². The lowest BCUT2D eigenvalue weighted by atomic mass is 10.1. The van der Waals surface area contributed by atoms with E-state index in [1.54, 1.807) is 0 Å². The number of sulfone groups is 1. The summed E-state index contributed by atoms with van der Waals surface area (Å²) >= 11 is 0. The van der Waals surface area contributed by atoms with Crippen LogP contribution >= 0.6 is 0 Å².